The van der Waals surface area contributed by atoms with Gasteiger partial charge >= 0.3 is 5.97 Å². The van der Waals surface area contributed by atoms with Gasteiger partial charge in [0.05, 0.1) is 10.5 Å². The Morgan fingerprint density at radius 2 is 2.25 bits per heavy atom. The highest BCUT2D eigenvalue weighted by Crippen LogP contribution is 2.36. The van der Waals surface area contributed by atoms with Crippen LogP contribution in [0.4, 0.5) is 11.4 Å². The molecule has 2 rings (SSSR count). The number of carboxylic acids is 1. The Labute approximate surface area is 119 Å². The lowest BCUT2D eigenvalue weighted by atomic mass is 10.1. The number of nitrogens with zero attached hydrogens (tertiary/aromatic N) is 2. The fraction of sp³-hybridized carbons (Fsp3) is 0.333. The third kappa shape index (κ3) is 2.46. The zero-order valence-electron chi connectivity index (χ0n) is 10.4. The number of carbonyl (C=O) groups excluding carboxylic acids is 1. The second-order valence-electron chi connectivity index (χ2n) is 4.49. The summed E-state index contributed by atoms with van der Waals surface area (Å²) in [4.78, 5) is 34.8. The molecule has 1 fully saturated rings. The zero-order valence-corrected chi connectivity index (χ0v) is 11.2. The van der Waals surface area contributed by atoms with Crippen LogP contribution in [-0.4, -0.2) is 34.2 Å². The number of hydrogen-bond acceptors (Lipinski definition) is 5. The number of amides is 1. The molecule has 0 spiro atoms. The van der Waals surface area contributed by atoms with Crippen LogP contribution < -0.4 is 4.90 Å². The van der Waals surface area contributed by atoms with E-state index in [0.717, 1.165) is 0 Å². The van der Waals surface area contributed by atoms with Gasteiger partial charge in [-0.15, -0.1) is 0 Å². The van der Waals surface area contributed by atoms with Gasteiger partial charge < -0.3 is 10.0 Å². The summed E-state index contributed by atoms with van der Waals surface area (Å²) in [5.41, 5.74) is -0.760. The maximum atomic E-state index is 12.0. The lowest BCUT2D eigenvalue weighted by Gasteiger charge is -2.18. The molecule has 1 saturated heterocycles. The summed E-state index contributed by atoms with van der Waals surface area (Å²) in [6.07, 6.45) is 0.217. The van der Waals surface area contributed by atoms with Gasteiger partial charge in [0.2, 0.25) is 5.91 Å². The van der Waals surface area contributed by atoms with Crippen LogP contribution in [-0.2, 0) is 4.79 Å². The van der Waals surface area contributed by atoms with Gasteiger partial charge in [0, 0.05) is 19.0 Å². The summed E-state index contributed by atoms with van der Waals surface area (Å²) in [5.74, 6) is -1.19. The Balaban J connectivity index is 2.56. The first kappa shape index (κ1) is 14.3. The largest absolute Gasteiger partial charge is 0.478 e. The first-order valence-electron chi connectivity index (χ1n) is 5.87. The molecule has 1 atom stereocenters. The predicted molar refractivity (Wildman–Crippen MR) is 74.4 cm³/mol. The van der Waals surface area contributed by atoms with E-state index in [4.69, 9.17) is 5.11 Å². The molecule has 1 N–H and O–H groups in total. The number of carbonyl (C=O) groups is 2. The van der Waals surface area contributed by atoms with Crippen molar-refractivity contribution < 1.29 is 19.6 Å². The average molecular weight is 296 g/mol. The third-order valence-electron chi connectivity index (χ3n) is 3.18. The summed E-state index contributed by atoms with van der Waals surface area (Å²) >= 11 is 4.11. The molecule has 0 aromatic heterocycles. The van der Waals surface area contributed by atoms with Gasteiger partial charge in [-0.25, -0.2) is 4.79 Å². The number of para-hydroxylation sites is 1. The lowest BCUT2D eigenvalue weighted by molar-refractivity contribution is -0.384. The Hall–Kier alpha value is -2.09. The number of thiol groups is 1. The van der Waals surface area contributed by atoms with E-state index in [1.165, 1.54) is 23.1 Å². The van der Waals surface area contributed by atoms with E-state index in [0.29, 0.717) is 5.75 Å². The van der Waals surface area contributed by atoms with Crippen LogP contribution in [0, 0.1) is 16.0 Å². The zero-order chi connectivity index (χ0) is 14.9. The van der Waals surface area contributed by atoms with Crippen LogP contribution >= 0.6 is 12.6 Å². The standard InChI is InChI=1S/C12H12N2O5S/c15-10-4-7(6-20)5-13(10)11-8(12(16)17)2-1-3-9(11)14(18)19/h1-3,7,20H,4-6H2,(H,16,17). The molecule has 7 nitrogen and oxygen atoms in total. The maximum absolute atomic E-state index is 12.0. The fourth-order valence-corrected chi connectivity index (χ4v) is 2.50. The van der Waals surface area contributed by atoms with Crippen molar-refractivity contribution in [1.82, 2.24) is 0 Å². The van der Waals surface area contributed by atoms with E-state index in [2.05, 4.69) is 12.6 Å². The first-order chi connectivity index (χ1) is 9.45. The Morgan fingerprint density at radius 1 is 1.55 bits per heavy atom. The van der Waals surface area contributed by atoms with Crippen molar-refractivity contribution in [3.63, 3.8) is 0 Å². The SMILES string of the molecule is O=C(O)c1cccc([N+](=O)[O-])c1N1CC(CS)CC1=O. The molecular formula is C12H12N2O5S. The van der Waals surface area contributed by atoms with Crippen molar-refractivity contribution in [3.05, 3.63) is 33.9 Å². The highest BCUT2D eigenvalue weighted by atomic mass is 32.1. The molecule has 0 radical (unpaired) electrons. The topological polar surface area (TPSA) is 101 Å². The minimum Gasteiger partial charge on any atom is -0.478 e. The third-order valence-corrected chi connectivity index (χ3v) is 3.69. The highest BCUT2D eigenvalue weighted by molar-refractivity contribution is 7.80. The Morgan fingerprint density at radius 3 is 2.75 bits per heavy atom. The summed E-state index contributed by atoms with van der Waals surface area (Å²) in [7, 11) is 0. The normalized spacial score (nSPS) is 18.4. The molecule has 1 aromatic rings. The summed E-state index contributed by atoms with van der Waals surface area (Å²) in [6, 6.07) is 3.75. The lowest BCUT2D eigenvalue weighted by Crippen LogP contribution is -2.27. The van der Waals surface area contributed by atoms with Gasteiger partial charge in [-0.1, -0.05) is 6.07 Å². The monoisotopic (exact) mass is 296 g/mol. The van der Waals surface area contributed by atoms with E-state index in [-0.39, 0.29) is 41.7 Å². The average Bonchev–Trinajstić information content (AvgIpc) is 2.78. The molecule has 1 aliphatic heterocycles. The number of anilines is 1. The number of nitro benzene ring substituents is 1. The second-order valence-corrected chi connectivity index (χ2v) is 4.86. The number of nitro groups is 1. The van der Waals surface area contributed by atoms with Crippen molar-refractivity contribution in [1.29, 1.82) is 0 Å². The van der Waals surface area contributed by atoms with Gasteiger partial charge in [0.1, 0.15) is 5.69 Å². The Bertz CT molecular complexity index is 557. The van der Waals surface area contributed by atoms with Crippen LogP contribution in [0.3, 0.4) is 0 Å². The minimum absolute atomic E-state index is 0.0349. The smallest absolute Gasteiger partial charge is 0.338 e. The Kier molecular flexibility index (Phi) is 3.93. The quantitative estimate of drug-likeness (QED) is 0.499. The fourth-order valence-electron chi connectivity index (χ4n) is 2.25. The summed E-state index contributed by atoms with van der Waals surface area (Å²) in [5, 5.41) is 20.2. The van der Waals surface area contributed by atoms with Crippen molar-refractivity contribution in [2.45, 2.75) is 6.42 Å². The maximum Gasteiger partial charge on any atom is 0.338 e. The van der Waals surface area contributed by atoms with Crippen LogP contribution in [0.1, 0.15) is 16.8 Å². The molecule has 0 saturated carbocycles. The molecule has 106 valence electrons. The molecule has 1 aliphatic rings. The van der Waals surface area contributed by atoms with Crippen molar-refractivity contribution in [3.8, 4) is 0 Å². The first-order valence-corrected chi connectivity index (χ1v) is 6.51. The van der Waals surface area contributed by atoms with Crippen LogP contribution in [0.2, 0.25) is 0 Å². The molecule has 1 unspecified atom stereocenters. The summed E-state index contributed by atoms with van der Waals surface area (Å²) in [6.45, 7) is 0.244. The van der Waals surface area contributed by atoms with E-state index < -0.39 is 10.9 Å². The van der Waals surface area contributed by atoms with Crippen LogP contribution in [0.15, 0.2) is 18.2 Å². The second kappa shape index (κ2) is 5.49. The molecule has 1 amide bonds. The molecule has 0 aliphatic carbocycles. The van der Waals surface area contributed by atoms with Crippen molar-refractivity contribution >= 4 is 35.9 Å². The molecule has 1 heterocycles. The number of hydrogen-bond donors (Lipinski definition) is 2. The van der Waals surface area contributed by atoms with Gasteiger partial charge in [-0.3, -0.25) is 14.9 Å². The van der Waals surface area contributed by atoms with E-state index in [9.17, 15) is 19.7 Å². The van der Waals surface area contributed by atoms with E-state index in [1.807, 2.05) is 0 Å². The van der Waals surface area contributed by atoms with Gasteiger partial charge in [-0.2, -0.15) is 12.6 Å². The van der Waals surface area contributed by atoms with Gasteiger partial charge in [-0.05, 0) is 17.7 Å². The molecule has 20 heavy (non-hydrogen) atoms. The van der Waals surface area contributed by atoms with Crippen molar-refractivity contribution in [2.75, 3.05) is 17.2 Å². The van der Waals surface area contributed by atoms with E-state index >= 15 is 0 Å². The van der Waals surface area contributed by atoms with Crippen LogP contribution in [0.5, 0.6) is 0 Å². The molecule has 8 heteroatoms. The number of carboxylic acid groups (broad SMARTS) is 1. The van der Waals surface area contributed by atoms with E-state index in [1.54, 1.807) is 0 Å². The highest BCUT2D eigenvalue weighted by Gasteiger charge is 2.36. The van der Waals surface area contributed by atoms with Crippen molar-refractivity contribution in [2.24, 2.45) is 5.92 Å². The summed E-state index contributed by atoms with van der Waals surface area (Å²) < 4.78 is 0. The van der Waals surface area contributed by atoms with Crippen LogP contribution in [0.25, 0.3) is 0 Å². The van der Waals surface area contributed by atoms with Gasteiger partial charge in [0.25, 0.3) is 5.69 Å². The van der Waals surface area contributed by atoms with Gasteiger partial charge in [0.15, 0.2) is 0 Å². The number of aromatic carboxylic acids is 1. The number of rotatable bonds is 4. The minimum atomic E-state index is -1.30. The predicted octanol–water partition coefficient (Wildman–Crippen LogP) is 1.58. The molecule has 1 aromatic carbocycles. The molecular weight excluding hydrogens is 284 g/mol. The number of benzene rings is 1. The molecule has 0 bridgehead atoms.